The van der Waals surface area contributed by atoms with E-state index in [4.69, 9.17) is 4.74 Å². The largest absolute Gasteiger partial charge is 0.507 e. The van der Waals surface area contributed by atoms with Crippen LogP contribution in [0.3, 0.4) is 0 Å². The minimum Gasteiger partial charge on any atom is -0.507 e. The monoisotopic (exact) mass is 305 g/mol. The molecule has 1 atom stereocenters. The van der Waals surface area contributed by atoms with Crippen LogP contribution < -0.4 is 4.74 Å². The van der Waals surface area contributed by atoms with Crippen molar-refractivity contribution in [3.8, 4) is 11.5 Å². The third-order valence-corrected chi connectivity index (χ3v) is 4.11. The predicted octanol–water partition coefficient (Wildman–Crippen LogP) is 3.18. The summed E-state index contributed by atoms with van der Waals surface area (Å²) in [7, 11) is 0. The Balaban J connectivity index is 2.09. The fourth-order valence-electron chi connectivity index (χ4n) is 1.88. The standard InChI is InChI=1S/C16H19NO3S/c1-3-20-13-6-7-14(18)12(9-13)10-17-11-16(2,19)15-5-4-8-21-15/h4-10,18-19H,3,11H2,1-2H3. The quantitative estimate of drug-likeness (QED) is 0.806. The average molecular weight is 305 g/mol. The number of hydrogen-bond acceptors (Lipinski definition) is 5. The summed E-state index contributed by atoms with van der Waals surface area (Å²) < 4.78 is 5.39. The van der Waals surface area contributed by atoms with Crippen LogP contribution in [0.2, 0.25) is 0 Å². The van der Waals surface area contributed by atoms with E-state index in [2.05, 4.69) is 4.99 Å². The number of aliphatic hydroxyl groups is 1. The Kier molecular flexibility index (Phi) is 4.98. The Hall–Kier alpha value is -1.85. The molecule has 0 radical (unpaired) electrons. The predicted molar refractivity (Wildman–Crippen MR) is 85.6 cm³/mol. The normalized spacial score (nSPS) is 14.2. The number of ether oxygens (including phenoxy) is 1. The van der Waals surface area contributed by atoms with Crippen molar-refractivity contribution in [3.05, 3.63) is 46.2 Å². The van der Waals surface area contributed by atoms with Crippen LogP contribution in [-0.2, 0) is 5.60 Å². The van der Waals surface area contributed by atoms with Gasteiger partial charge in [0.15, 0.2) is 0 Å². The van der Waals surface area contributed by atoms with E-state index in [0.717, 1.165) is 4.88 Å². The average Bonchev–Trinajstić information content (AvgIpc) is 2.97. The van der Waals surface area contributed by atoms with Gasteiger partial charge >= 0.3 is 0 Å². The van der Waals surface area contributed by atoms with E-state index in [0.29, 0.717) is 17.9 Å². The maximum absolute atomic E-state index is 10.4. The van der Waals surface area contributed by atoms with Crippen molar-refractivity contribution in [2.45, 2.75) is 19.4 Å². The second-order valence-corrected chi connectivity index (χ2v) is 5.82. The zero-order chi connectivity index (χ0) is 15.3. The summed E-state index contributed by atoms with van der Waals surface area (Å²) in [4.78, 5) is 5.11. The summed E-state index contributed by atoms with van der Waals surface area (Å²) in [6, 6.07) is 8.78. The maximum atomic E-state index is 10.4. The molecule has 21 heavy (non-hydrogen) atoms. The van der Waals surface area contributed by atoms with E-state index in [1.54, 1.807) is 31.3 Å². The first-order valence-electron chi connectivity index (χ1n) is 6.75. The van der Waals surface area contributed by atoms with Crippen LogP contribution >= 0.6 is 11.3 Å². The Morgan fingerprint density at radius 2 is 2.19 bits per heavy atom. The van der Waals surface area contributed by atoms with Crippen molar-refractivity contribution in [2.24, 2.45) is 4.99 Å². The maximum Gasteiger partial charge on any atom is 0.124 e. The molecular formula is C16H19NO3S. The molecule has 0 bridgehead atoms. The van der Waals surface area contributed by atoms with E-state index < -0.39 is 5.60 Å². The molecule has 2 aromatic rings. The Labute approximate surface area is 128 Å². The molecule has 0 saturated heterocycles. The summed E-state index contributed by atoms with van der Waals surface area (Å²) in [6.45, 7) is 4.42. The van der Waals surface area contributed by atoms with Gasteiger partial charge in [-0.3, -0.25) is 4.99 Å². The summed E-state index contributed by atoms with van der Waals surface area (Å²) >= 11 is 1.50. The van der Waals surface area contributed by atoms with Crippen molar-refractivity contribution in [1.82, 2.24) is 0 Å². The minimum absolute atomic E-state index is 0.137. The van der Waals surface area contributed by atoms with Crippen LogP contribution in [0.4, 0.5) is 0 Å². The Morgan fingerprint density at radius 3 is 2.86 bits per heavy atom. The van der Waals surface area contributed by atoms with E-state index in [1.165, 1.54) is 11.3 Å². The molecule has 1 aromatic heterocycles. The van der Waals surface area contributed by atoms with Gasteiger partial charge in [0.1, 0.15) is 17.1 Å². The number of phenols is 1. The Bertz CT molecular complexity index is 606. The van der Waals surface area contributed by atoms with Crippen LogP contribution in [0.1, 0.15) is 24.3 Å². The number of phenolic OH excluding ortho intramolecular Hbond substituents is 1. The van der Waals surface area contributed by atoms with Crippen LogP contribution in [0, 0.1) is 0 Å². The first-order chi connectivity index (χ1) is 10.0. The highest BCUT2D eigenvalue weighted by atomic mass is 32.1. The lowest BCUT2D eigenvalue weighted by atomic mass is 10.1. The van der Waals surface area contributed by atoms with Gasteiger partial charge in [-0.2, -0.15) is 0 Å². The van der Waals surface area contributed by atoms with Crippen molar-refractivity contribution in [2.75, 3.05) is 13.2 Å². The third kappa shape index (κ3) is 4.06. The molecule has 1 heterocycles. The van der Waals surface area contributed by atoms with Gasteiger partial charge in [0.05, 0.1) is 13.2 Å². The SMILES string of the molecule is CCOc1ccc(O)c(C=NCC(C)(O)c2cccs2)c1. The zero-order valence-electron chi connectivity index (χ0n) is 12.1. The third-order valence-electron chi connectivity index (χ3n) is 2.99. The molecule has 5 heteroatoms. The van der Waals surface area contributed by atoms with Crippen LogP contribution in [0.15, 0.2) is 40.7 Å². The van der Waals surface area contributed by atoms with Gasteiger partial charge in [-0.25, -0.2) is 0 Å². The zero-order valence-corrected chi connectivity index (χ0v) is 12.9. The molecule has 0 aliphatic carbocycles. The number of thiophene rings is 1. The van der Waals surface area contributed by atoms with Crippen LogP contribution in [0.5, 0.6) is 11.5 Å². The van der Waals surface area contributed by atoms with E-state index in [-0.39, 0.29) is 12.3 Å². The molecule has 0 saturated carbocycles. The molecular weight excluding hydrogens is 286 g/mol. The molecule has 0 spiro atoms. The number of hydrogen-bond donors (Lipinski definition) is 2. The number of aromatic hydroxyl groups is 1. The first-order valence-corrected chi connectivity index (χ1v) is 7.63. The van der Waals surface area contributed by atoms with Gasteiger partial charge in [0.2, 0.25) is 0 Å². The van der Waals surface area contributed by atoms with Gasteiger partial charge in [0, 0.05) is 16.7 Å². The topological polar surface area (TPSA) is 62.0 Å². The van der Waals surface area contributed by atoms with Crippen LogP contribution in [0.25, 0.3) is 0 Å². The molecule has 0 fully saturated rings. The molecule has 0 amide bonds. The van der Waals surface area contributed by atoms with Gasteiger partial charge in [0.25, 0.3) is 0 Å². The molecule has 4 nitrogen and oxygen atoms in total. The van der Waals surface area contributed by atoms with Crippen molar-refractivity contribution < 1.29 is 14.9 Å². The lowest BCUT2D eigenvalue weighted by molar-refractivity contribution is 0.0714. The molecule has 0 aliphatic rings. The van der Waals surface area contributed by atoms with Gasteiger partial charge in [-0.05, 0) is 43.5 Å². The summed E-state index contributed by atoms with van der Waals surface area (Å²) in [6.07, 6.45) is 1.56. The minimum atomic E-state index is -1.00. The molecule has 2 N–H and O–H groups in total. The highest BCUT2D eigenvalue weighted by molar-refractivity contribution is 7.10. The van der Waals surface area contributed by atoms with Crippen molar-refractivity contribution >= 4 is 17.6 Å². The number of aliphatic imine (C=N–C) groups is 1. The lowest BCUT2D eigenvalue weighted by Crippen LogP contribution is -2.23. The van der Waals surface area contributed by atoms with Crippen molar-refractivity contribution in [3.63, 3.8) is 0 Å². The summed E-state index contributed by atoms with van der Waals surface area (Å²) in [5.74, 6) is 0.819. The smallest absolute Gasteiger partial charge is 0.124 e. The van der Waals surface area contributed by atoms with Crippen molar-refractivity contribution in [1.29, 1.82) is 0 Å². The summed E-state index contributed by atoms with van der Waals surface area (Å²) in [5.41, 5.74) is -0.430. The van der Waals surface area contributed by atoms with Gasteiger partial charge in [-0.15, -0.1) is 11.3 Å². The molecule has 0 aliphatic heterocycles. The number of benzene rings is 1. The fourth-order valence-corrected chi connectivity index (χ4v) is 2.66. The number of nitrogens with zero attached hydrogens (tertiary/aromatic N) is 1. The highest BCUT2D eigenvalue weighted by Gasteiger charge is 2.23. The Morgan fingerprint density at radius 1 is 1.38 bits per heavy atom. The first kappa shape index (κ1) is 15.5. The molecule has 2 rings (SSSR count). The molecule has 1 aromatic carbocycles. The second-order valence-electron chi connectivity index (χ2n) is 4.87. The summed E-state index contributed by atoms with van der Waals surface area (Å²) in [5, 5.41) is 22.1. The molecule has 1 unspecified atom stereocenters. The van der Waals surface area contributed by atoms with Gasteiger partial charge in [-0.1, -0.05) is 6.07 Å². The molecule has 112 valence electrons. The van der Waals surface area contributed by atoms with E-state index in [1.807, 2.05) is 24.4 Å². The fraction of sp³-hybridized carbons (Fsp3) is 0.312. The lowest BCUT2D eigenvalue weighted by Gasteiger charge is -2.18. The van der Waals surface area contributed by atoms with E-state index >= 15 is 0 Å². The van der Waals surface area contributed by atoms with Gasteiger partial charge < -0.3 is 14.9 Å². The second kappa shape index (κ2) is 6.74. The highest BCUT2D eigenvalue weighted by Crippen LogP contribution is 2.26. The number of rotatable bonds is 6. The van der Waals surface area contributed by atoms with Crippen LogP contribution in [-0.4, -0.2) is 29.6 Å². The van der Waals surface area contributed by atoms with E-state index in [9.17, 15) is 10.2 Å².